The molecule has 1 heterocycles. The highest BCUT2D eigenvalue weighted by atomic mass is 32.1. The summed E-state index contributed by atoms with van der Waals surface area (Å²) >= 11 is 1.37. The minimum absolute atomic E-state index is 0.139. The van der Waals surface area contributed by atoms with Crippen LogP contribution in [0.15, 0.2) is 41.8 Å². The Balaban J connectivity index is 1.92. The average molecular weight is 374 g/mol. The number of aliphatic carboxylic acids is 1. The lowest BCUT2D eigenvalue weighted by atomic mass is 10.0. The number of amides is 2. The maximum atomic E-state index is 12.2. The molecular formula is C19H22N2O4S. The Bertz CT molecular complexity index is 754. The largest absolute Gasteiger partial charge is 0.480 e. The smallest absolute Gasteiger partial charge is 0.326 e. The first-order valence-electron chi connectivity index (χ1n) is 8.31. The summed E-state index contributed by atoms with van der Waals surface area (Å²) in [6.45, 7) is 4.16. The van der Waals surface area contributed by atoms with Crippen LogP contribution in [0.1, 0.15) is 45.9 Å². The van der Waals surface area contributed by atoms with E-state index in [2.05, 4.69) is 10.6 Å². The predicted molar refractivity (Wildman–Crippen MR) is 100 cm³/mol. The molecule has 138 valence electrons. The molecule has 0 bridgehead atoms. The summed E-state index contributed by atoms with van der Waals surface area (Å²) in [7, 11) is 0. The van der Waals surface area contributed by atoms with Gasteiger partial charge >= 0.3 is 5.97 Å². The minimum atomic E-state index is -1.04. The number of thiophene rings is 1. The molecule has 2 amide bonds. The highest BCUT2D eigenvalue weighted by Gasteiger charge is 2.21. The fourth-order valence-electron chi connectivity index (χ4n) is 2.39. The van der Waals surface area contributed by atoms with Crippen molar-refractivity contribution >= 4 is 29.1 Å². The Morgan fingerprint density at radius 2 is 1.77 bits per heavy atom. The molecule has 0 aliphatic carbocycles. The minimum Gasteiger partial charge on any atom is -0.480 e. The lowest BCUT2D eigenvalue weighted by molar-refractivity contribution is -0.139. The number of benzene rings is 1. The summed E-state index contributed by atoms with van der Waals surface area (Å²) in [4.78, 5) is 36.0. The molecule has 2 rings (SSSR count). The normalized spacial score (nSPS) is 11.8. The Labute approximate surface area is 156 Å². The Kier molecular flexibility index (Phi) is 6.91. The van der Waals surface area contributed by atoms with Crippen LogP contribution in [0.4, 0.5) is 0 Å². The summed E-state index contributed by atoms with van der Waals surface area (Å²) in [5.41, 5.74) is 1.23. The van der Waals surface area contributed by atoms with E-state index in [0.717, 1.165) is 5.56 Å². The van der Waals surface area contributed by atoms with Crippen LogP contribution < -0.4 is 10.6 Å². The van der Waals surface area contributed by atoms with Gasteiger partial charge < -0.3 is 15.7 Å². The van der Waals surface area contributed by atoms with Crippen molar-refractivity contribution in [2.45, 2.75) is 32.9 Å². The van der Waals surface area contributed by atoms with Gasteiger partial charge in [-0.3, -0.25) is 9.59 Å². The van der Waals surface area contributed by atoms with Crippen molar-refractivity contribution in [2.24, 2.45) is 5.92 Å². The van der Waals surface area contributed by atoms with Crippen molar-refractivity contribution in [2.75, 3.05) is 0 Å². The molecule has 0 aliphatic heterocycles. The SMILES string of the molecule is CC(C)C[C@H](NC(=O)c1ccc(CNC(=O)c2cccs2)cc1)C(=O)O. The van der Waals surface area contributed by atoms with Crippen LogP contribution in [0.2, 0.25) is 0 Å². The number of carboxylic acids is 1. The fraction of sp³-hybridized carbons (Fsp3) is 0.316. The van der Waals surface area contributed by atoms with Crippen molar-refractivity contribution in [1.29, 1.82) is 0 Å². The topological polar surface area (TPSA) is 95.5 Å². The van der Waals surface area contributed by atoms with Gasteiger partial charge in [-0.1, -0.05) is 32.0 Å². The van der Waals surface area contributed by atoms with Gasteiger partial charge in [0.15, 0.2) is 0 Å². The van der Waals surface area contributed by atoms with E-state index in [4.69, 9.17) is 0 Å². The van der Waals surface area contributed by atoms with Crippen LogP contribution in [0, 0.1) is 5.92 Å². The quantitative estimate of drug-likeness (QED) is 0.662. The lowest BCUT2D eigenvalue weighted by Gasteiger charge is -2.16. The molecule has 0 fully saturated rings. The summed E-state index contributed by atoms with van der Waals surface area (Å²) in [5, 5.41) is 16.4. The van der Waals surface area contributed by atoms with E-state index in [1.54, 1.807) is 30.3 Å². The number of rotatable bonds is 8. The monoisotopic (exact) mass is 374 g/mol. The molecule has 3 N–H and O–H groups in total. The summed E-state index contributed by atoms with van der Waals surface area (Å²) in [5.74, 6) is -1.45. The number of carbonyl (C=O) groups is 3. The van der Waals surface area contributed by atoms with Crippen LogP contribution in [-0.4, -0.2) is 28.9 Å². The number of hydrogen-bond donors (Lipinski definition) is 3. The first kappa shape index (κ1) is 19.7. The van der Waals surface area contributed by atoms with Gasteiger partial charge in [-0.15, -0.1) is 11.3 Å². The van der Waals surface area contributed by atoms with E-state index in [9.17, 15) is 19.5 Å². The Morgan fingerprint density at radius 3 is 2.31 bits per heavy atom. The standard InChI is InChI=1S/C19H22N2O4S/c1-12(2)10-15(19(24)25)21-17(22)14-7-5-13(6-8-14)11-20-18(23)16-4-3-9-26-16/h3-9,12,15H,10-11H2,1-2H3,(H,20,23)(H,21,22)(H,24,25)/t15-/m0/s1. The van der Waals surface area contributed by atoms with Crippen molar-refractivity contribution in [3.05, 3.63) is 57.8 Å². The zero-order chi connectivity index (χ0) is 19.1. The van der Waals surface area contributed by atoms with Gasteiger partial charge in [-0.25, -0.2) is 4.79 Å². The van der Waals surface area contributed by atoms with E-state index < -0.39 is 17.9 Å². The van der Waals surface area contributed by atoms with Crippen LogP contribution in [0.25, 0.3) is 0 Å². The van der Waals surface area contributed by atoms with E-state index >= 15 is 0 Å². The summed E-state index contributed by atoms with van der Waals surface area (Å²) < 4.78 is 0. The van der Waals surface area contributed by atoms with Gasteiger partial charge in [-0.2, -0.15) is 0 Å². The van der Waals surface area contributed by atoms with E-state index in [0.29, 0.717) is 23.4 Å². The number of carboxylic acid groups (broad SMARTS) is 1. The zero-order valence-corrected chi connectivity index (χ0v) is 15.5. The van der Waals surface area contributed by atoms with Gasteiger partial charge in [0.05, 0.1) is 4.88 Å². The van der Waals surface area contributed by atoms with Gasteiger partial charge in [0.2, 0.25) is 0 Å². The second-order valence-electron chi connectivity index (χ2n) is 6.35. The van der Waals surface area contributed by atoms with Gasteiger partial charge in [0.25, 0.3) is 11.8 Å². The highest BCUT2D eigenvalue weighted by molar-refractivity contribution is 7.12. The Hall–Kier alpha value is -2.67. The molecule has 0 aliphatic rings. The lowest BCUT2D eigenvalue weighted by Crippen LogP contribution is -2.41. The van der Waals surface area contributed by atoms with Gasteiger partial charge in [0.1, 0.15) is 6.04 Å². The maximum Gasteiger partial charge on any atom is 0.326 e. The van der Waals surface area contributed by atoms with Gasteiger partial charge in [-0.05, 0) is 41.5 Å². The molecule has 0 spiro atoms. The third kappa shape index (κ3) is 5.70. The third-order valence-electron chi connectivity index (χ3n) is 3.72. The molecule has 26 heavy (non-hydrogen) atoms. The number of nitrogens with one attached hydrogen (secondary N) is 2. The fourth-order valence-corrected chi connectivity index (χ4v) is 3.03. The molecule has 0 saturated heterocycles. The van der Waals surface area contributed by atoms with E-state index in [-0.39, 0.29) is 11.8 Å². The second kappa shape index (κ2) is 9.15. The summed E-state index contributed by atoms with van der Waals surface area (Å²) in [6.07, 6.45) is 0.369. The summed E-state index contributed by atoms with van der Waals surface area (Å²) in [6, 6.07) is 9.38. The van der Waals surface area contributed by atoms with Crippen LogP contribution in [0.3, 0.4) is 0 Å². The maximum absolute atomic E-state index is 12.2. The molecule has 1 aromatic heterocycles. The number of hydrogen-bond acceptors (Lipinski definition) is 4. The first-order chi connectivity index (χ1) is 12.4. The molecular weight excluding hydrogens is 352 g/mol. The second-order valence-corrected chi connectivity index (χ2v) is 7.30. The molecule has 0 saturated carbocycles. The van der Waals surface area contributed by atoms with E-state index in [1.165, 1.54) is 11.3 Å². The molecule has 1 atom stereocenters. The zero-order valence-electron chi connectivity index (χ0n) is 14.7. The molecule has 1 aromatic carbocycles. The van der Waals surface area contributed by atoms with Crippen molar-refractivity contribution < 1.29 is 19.5 Å². The van der Waals surface area contributed by atoms with Crippen molar-refractivity contribution in [1.82, 2.24) is 10.6 Å². The van der Waals surface area contributed by atoms with Gasteiger partial charge in [0, 0.05) is 12.1 Å². The van der Waals surface area contributed by atoms with Crippen molar-refractivity contribution in [3.63, 3.8) is 0 Å². The molecule has 2 aromatic rings. The third-order valence-corrected chi connectivity index (χ3v) is 4.59. The molecule has 7 heteroatoms. The average Bonchev–Trinajstić information content (AvgIpc) is 3.13. The Morgan fingerprint density at radius 1 is 1.08 bits per heavy atom. The molecule has 0 radical (unpaired) electrons. The predicted octanol–water partition coefficient (Wildman–Crippen LogP) is 2.91. The van der Waals surface area contributed by atoms with Crippen molar-refractivity contribution in [3.8, 4) is 0 Å². The highest BCUT2D eigenvalue weighted by Crippen LogP contribution is 2.10. The van der Waals surface area contributed by atoms with Crippen LogP contribution in [-0.2, 0) is 11.3 Å². The number of carbonyl (C=O) groups excluding carboxylic acids is 2. The van der Waals surface area contributed by atoms with Crippen LogP contribution >= 0.6 is 11.3 Å². The van der Waals surface area contributed by atoms with E-state index in [1.807, 2.05) is 25.3 Å². The van der Waals surface area contributed by atoms with Crippen LogP contribution in [0.5, 0.6) is 0 Å². The molecule has 0 unspecified atom stereocenters. The molecule has 6 nitrogen and oxygen atoms in total. The first-order valence-corrected chi connectivity index (χ1v) is 9.19.